The van der Waals surface area contributed by atoms with Crippen molar-refractivity contribution in [3.8, 4) is 5.75 Å². The number of halogens is 9. The predicted molar refractivity (Wildman–Crippen MR) is 336 cm³/mol. The van der Waals surface area contributed by atoms with Crippen molar-refractivity contribution in [3.63, 3.8) is 0 Å². The van der Waals surface area contributed by atoms with Crippen LogP contribution in [0.1, 0.15) is 143 Å². The number of likely N-dealkylation sites (tertiary alicyclic amines) is 3. The zero-order valence-electron chi connectivity index (χ0n) is 53.2. The minimum absolute atomic E-state index is 0. The molecule has 3 saturated heterocycles. The second kappa shape index (κ2) is 25.6. The highest BCUT2D eigenvalue weighted by Gasteiger charge is 2.51. The van der Waals surface area contributed by atoms with Gasteiger partial charge in [0.15, 0.2) is 0 Å². The minimum atomic E-state index is -4.92. The van der Waals surface area contributed by atoms with E-state index in [2.05, 4.69) is 19.8 Å². The topological polar surface area (TPSA) is 198 Å². The zero-order valence-corrected chi connectivity index (χ0v) is 54.0. The van der Waals surface area contributed by atoms with Gasteiger partial charge in [-0.3, -0.25) is 29.0 Å². The van der Waals surface area contributed by atoms with Gasteiger partial charge in [-0.05, 0) is 183 Å². The lowest BCUT2D eigenvalue weighted by atomic mass is 9.81. The molecule has 0 saturated carbocycles. The Morgan fingerprint density at radius 3 is 1.54 bits per heavy atom. The van der Waals surface area contributed by atoms with E-state index in [9.17, 15) is 77.3 Å². The molecule has 28 heteroatoms. The molecule has 0 atom stereocenters. The molecule has 9 heterocycles. The fraction of sp³-hybridized carbons (Fsp3) is 0.485. The van der Waals surface area contributed by atoms with Crippen molar-refractivity contribution in [3.05, 3.63) is 165 Å². The van der Waals surface area contributed by atoms with E-state index in [1.54, 1.807) is 84.0 Å². The molecule has 3 amide bonds. The van der Waals surface area contributed by atoms with Crippen molar-refractivity contribution in [2.75, 3.05) is 80.0 Å². The summed E-state index contributed by atoms with van der Waals surface area (Å²) < 4.78 is 150. The van der Waals surface area contributed by atoms with Gasteiger partial charge in [-0.1, -0.05) is 12.1 Å². The van der Waals surface area contributed by atoms with Crippen molar-refractivity contribution >= 4 is 33.5 Å². The standard InChI is InChI=1S/C23H28F3N3O2.C22H24F3N3O3.C21H25F3N4O3S.3H2/c1-15-14-16(4-5-17(15)21(2,3)31)20(30)28-11-8-22(9-12-28)18-6-7-19(23(24,25)26)29(18)13-10-27-22;1-14-15(4-3-5-17(14)29)20(31)27-10-8-21(9-11-27)18-7-6-16(19(30)22(23,24)25)28(18)13-12-26(21)2;1-25-32(30,31)16-5-3-15(4-6-16)19(29)27-11-9-20(10-12-27)17-7-8-18(21(22,23)24)28(17)14-13-26(20)2;;;/h4-7,14,27,31H,8-13H2,1-3H3;3-7,29H,8-13H2,1-2H3;3-8,25H,9-14H2,1-2H3;3*1H. The first kappa shape index (κ1) is 69.3. The molecular weight excluding hydrogens is 1260 g/mol. The summed E-state index contributed by atoms with van der Waals surface area (Å²) in [4.78, 5) is 60.3. The Kier molecular flexibility index (Phi) is 18.9. The number of aromatic hydroxyl groups is 1. The number of hydrogen-bond acceptors (Lipinski definition) is 11. The Labute approximate surface area is 543 Å². The lowest BCUT2D eigenvalue weighted by Crippen LogP contribution is -2.56. The van der Waals surface area contributed by atoms with E-state index >= 15 is 0 Å². The van der Waals surface area contributed by atoms with Crippen LogP contribution in [0.5, 0.6) is 5.75 Å². The highest BCUT2D eigenvalue weighted by Crippen LogP contribution is 2.46. The van der Waals surface area contributed by atoms with Crippen LogP contribution in [0.4, 0.5) is 39.5 Å². The Hall–Kier alpha value is -7.50. The third kappa shape index (κ3) is 13.0. The van der Waals surface area contributed by atoms with Crippen LogP contribution in [0.15, 0.2) is 102 Å². The number of phenolic OH excluding ortho intramolecular Hbond substituents is 1. The van der Waals surface area contributed by atoms with Gasteiger partial charge in [-0.25, -0.2) is 13.1 Å². The molecule has 18 nitrogen and oxygen atoms in total. The zero-order chi connectivity index (χ0) is 68.5. The Morgan fingerprint density at radius 2 is 1.03 bits per heavy atom. The molecule has 3 aromatic carbocycles. The molecule has 6 aliphatic heterocycles. The first-order valence-electron chi connectivity index (χ1n) is 31.0. The fourth-order valence-corrected chi connectivity index (χ4v) is 15.5. The monoisotopic (exact) mass is 1350 g/mol. The number of carbonyl (C=O) groups excluding carboxylic acids is 4. The number of aliphatic hydroxyl groups is 1. The quantitative estimate of drug-likeness (QED) is 0.0877. The number of aryl methyl sites for hydroxylation is 1. The molecule has 12 rings (SSSR count). The number of aromatic nitrogens is 3. The van der Waals surface area contributed by atoms with Crippen LogP contribution in [0, 0.1) is 13.8 Å². The fourth-order valence-electron chi connectivity index (χ4n) is 14.7. The number of alkyl halides is 9. The molecule has 94 heavy (non-hydrogen) atoms. The summed E-state index contributed by atoms with van der Waals surface area (Å²) in [7, 11) is 1.57. The number of sulfonamides is 1. The van der Waals surface area contributed by atoms with Crippen LogP contribution in [-0.2, 0) is 64.2 Å². The first-order valence-corrected chi connectivity index (χ1v) is 32.5. The summed E-state index contributed by atoms with van der Waals surface area (Å²) in [5.41, 5.74) is 1.31. The number of hydrogen-bond donors (Lipinski definition) is 4. The lowest BCUT2D eigenvalue weighted by Gasteiger charge is -2.50. The lowest BCUT2D eigenvalue weighted by molar-refractivity contribution is -0.145. The van der Waals surface area contributed by atoms with E-state index in [0.717, 1.165) is 23.3 Å². The molecule has 3 fully saturated rings. The normalized spacial score (nSPS) is 19.0. The second-order valence-electron chi connectivity index (χ2n) is 25.7. The number of Topliss-reactive ketones (excluding diaryl/α,β-unsaturated/α-hetero) is 1. The first-order chi connectivity index (χ1) is 44.0. The third-order valence-electron chi connectivity index (χ3n) is 20.0. The van der Waals surface area contributed by atoms with Gasteiger partial charge in [-0.15, -0.1) is 0 Å². The van der Waals surface area contributed by atoms with Crippen molar-refractivity contribution in [1.29, 1.82) is 0 Å². The van der Waals surface area contributed by atoms with Crippen LogP contribution in [0.3, 0.4) is 0 Å². The van der Waals surface area contributed by atoms with Crippen LogP contribution < -0.4 is 10.0 Å². The number of nitrogens with one attached hydrogen (secondary N) is 2. The maximum Gasteiger partial charge on any atom is 0.456 e. The number of piperidine rings is 3. The average molecular weight is 1350 g/mol. The molecule has 6 aromatic rings. The van der Waals surface area contributed by atoms with Crippen LogP contribution in [0.2, 0.25) is 0 Å². The van der Waals surface area contributed by atoms with E-state index in [-0.39, 0.29) is 51.4 Å². The molecule has 4 N–H and O–H groups in total. The molecule has 6 aliphatic rings. The molecule has 0 bridgehead atoms. The van der Waals surface area contributed by atoms with Gasteiger partial charge in [0.25, 0.3) is 23.5 Å². The predicted octanol–water partition coefficient (Wildman–Crippen LogP) is 10.3. The van der Waals surface area contributed by atoms with Crippen LogP contribution in [0.25, 0.3) is 0 Å². The number of likely N-dealkylation sites (N-methyl/N-ethyl adjacent to an activating group) is 2. The summed E-state index contributed by atoms with van der Waals surface area (Å²) >= 11 is 0. The Morgan fingerprint density at radius 1 is 0.564 bits per heavy atom. The van der Waals surface area contributed by atoms with Gasteiger partial charge in [0.1, 0.15) is 17.1 Å². The van der Waals surface area contributed by atoms with Crippen LogP contribution >= 0.6 is 0 Å². The number of ketones is 1. The van der Waals surface area contributed by atoms with Gasteiger partial charge < -0.3 is 43.9 Å². The minimum Gasteiger partial charge on any atom is -0.508 e. The van der Waals surface area contributed by atoms with Crippen LogP contribution in [-0.4, -0.2) is 167 Å². The number of amides is 3. The molecule has 0 aliphatic carbocycles. The third-order valence-corrected chi connectivity index (χ3v) is 21.5. The summed E-state index contributed by atoms with van der Waals surface area (Å²) in [6, 6.07) is 24.2. The Bertz CT molecular complexity index is 3980. The number of rotatable bonds is 7. The molecular formula is C66H83F9N10O8S. The molecule has 3 spiro atoms. The second-order valence-corrected chi connectivity index (χ2v) is 27.5. The SMILES string of the molecule is CNS(=O)(=O)c1ccc(C(=O)N2CCC3(CC2)c2ccc(C(F)(F)F)n2CCN3C)cc1.Cc1c(O)cccc1C(=O)N1CCC2(CC1)c1ccc(C(=O)C(F)(F)F)n1CCN2C.Cc1cc(C(=O)N2CCC3(CC2)NCCn2c(C(F)(F)F)ccc23)ccc1C(C)(C)O.[HH].[HH].[HH]. The van der Waals surface area contributed by atoms with E-state index in [0.29, 0.717) is 143 Å². The van der Waals surface area contributed by atoms with E-state index in [1.165, 1.54) is 57.1 Å². The average Bonchev–Trinajstić information content (AvgIpc) is 1.69. The molecule has 0 radical (unpaired) electrons. The number of fused-ring (bicyclic) bond motifs is 6. The van der Waals surface area contributed by atoms with Gasteiger partial charge in [0.2, 0.25) is 10.0 Å². The summed E-state index contributed by atoms with van der Waals surface area (Å²) in [6.45, 7) is 11.9. The van der Waals surface area contributed by atoms with Crippen molar-refractivity contribution in [1.82, 2.24) is 48.2 Å². The smallest absolute Gasteiger partial charge is 0.456 e. The molecule has 514 valence electrons. The number of nitrogens with zero attached hydrogens (tertiary/aromatic N) is 8. The van der Waals surface area contributed by atoms with Crippen molar-refractivity contribution in [2.24, 2.45) is 0 Å². The van der Waals surface area contributed by atoms with Gasteiger partial charge in [0, 0.05) is 122 Å². The van der Waals surface area contributed by atoms with Crippen molar-refractivity contribution < 1.29 is 81.6 Å². The van der Waals surface area contributed by atoms with E-state index < -0.39 is 67.9 Å². The molecule has 3 aromatic heterocycles. The maximum atomic E-state index is 13.4. The highest BCUT2D eigenvalue weighted by molar-refractivity contribution is 7.89. The number of carbonyl (C=O) groups is 4. The maximum absolute atomic E-state index is 13.4. The van der Waals surface area contributed by atoms with Gasteiger partial charge in [-0.2, -0.15) is 39.5 Å². The summed E-state index contributed by atoms with van der Waals surface area (Å²) in [5.74, 6) is -2.26. The highest BCUT2D eigenvalue weighted by atomic mass is 32.2. The van der Waals surface area contributed by atoms with Gasteiger partial charge in [0.05, 0.1) is 32.8 Å². The van der Waals surface area contributed by atoms with E-state index in [4.69, 9.17) is 0 Å². The number of phenols is 1. The van der Waals surface area contributed by atoms with Crippen molar-refractivity contribution in [2.45, 2.75) is 131 Å². The van der Waals surface area contributed by atoms with E-state index in [1.807, 2.05) is 21.0 Å². The molecule has 0 unspecified atom stereocenters. The van der Waals surface area contributed by atoms with Gasteiger partial charge >= 0.3 is 18.5 Å². The largest absolute Gasteiger partial charge is 0.508 e. The number of benzene rings is 3. The summed E-state index contributed by atoms with van der Waals surface area (Å²) in [5, 5.41) is 23.6. The Balaban J connectivity index is 0.000000202. The summed E-state index contributed by atoms with van der Waals surface area (Å²) in [6.07, 6.45) is -10.5.